The first-order valence-corrected chi connectivity index (χ1v) is 8.70. The van der Waals surface area contributed by atoms with Crippen LogP contribution in [0.4, 0.5) is 19.0 Å². The highest BCUT2D eigenvalue weighted by Gasteiger charge is 2.29. The van der Waals surface area contributed by atoms with Gasteiger partial charge in [-0.05, 0) is 37.1 Å². The standard InChI is InChI=1S/C18H21F3N4O2.CH2O.CH4.2H2/c1-3-5-22-15-8-13(4-6-23-15)9-24-16(26)14-7-12(2)17(25-10-14)27-11-18(19,20)21;1-2;;;/h4,6-8,10H,3,5,9,11H2,1-2H3,(H,22,23)(H,24,26);1H2;1H4;2*1H. The van der Waals surface area contributed by atoms with Crippen molar-refractivity contribution in [1.29, 1.82) is 0 Å². The molecule has 2 heterocycles. The number of carbonyl (C=O) groups is 2. The van der Waals surface area contributed by atoms with Crippen molar-refractivity contribution >= 4 is 18.5 Å². The van der Waals surface area contributed by atoms with Crippen molar-refractivity contribution in [2.75, 3.05) is 18.5 Å². The summed E-state index contributed by atoms with van der Waals surface area (Å²) >= 11 is 0. The highest BCUT2D eigenvalue weighted by Crippen LogP contribution is 2.20. The van der Waals surface area contributed by atoms with E-state index in [0.717, 1.165) is 24.3 Å². The maximum Gasteiger partial charge on any atom is 0.422 e. The summed E-state index contributed by atoms with van der Waals surface area (Å²) in [5, 5.41) is 5.91. The van der Waals surface area contributed by atoms with Crippen LogP contribution in [0.5, 0.6) is 5.88 Å². The van der Waals surface area contributed by atoms with Crippen LogP contribution in [-0.4, -0.2) is 42.0 Å². The van der Waals surface area contributed by atoms with Gasteiger partial charge in [-0.25, -0.2) is 9.97 Å². The number of ether oxygens (including phenoxy) is 1. The predicted molar refractivity (Wildman–Crippen MR) is 113 cm³/mol. The monoisotopic (exact) mass is 432 g/mol. The van der Waals surface area contributed by atoms with E-state index in [2.05, 4.69) is 25.3 Å². The zero-order valence-corrected chi connectivity index (χ0v) is 16.2. The van der Waals surface area contributed by atoms with Gasteiger partial charge in [0.05, 0.1) is 5.56 Å². The molecule has 0 radical (unpaired) electrons. The second kappa shape index (κ2) is 13.1. The summed E-state index contributed by atoms with van der Waals surface area (Å²) in [5.41, 5.74) is 1.46. The molecule has 0 fully saturated rings. The minimum atomic E-state index is -4.44. The van der Waals surface area contributed by atoms with Crippen LogP contribution in [0.2, 0.25) is 0 Å². The van der Waals surface area contributed by atoms with Gasteiger partial charge in [-0.1, -0.05) is 14.4 Å². The third kappa shape index (κ3) is 9.35. The van der Waals surface area contributed by atoms with Crippen molar-refractivity contribution < 1.29 is 30.4 Å². The summed E-state index contributed by atoms with van der Waals surface area (Å²) in [5.74, 6) is 0.199. The van der Waals surface area contributed by atoms with Gasteiger partial charge < -0.3 is 20.2 Å². The maximum atomic E-state index is 12.3. The molecule has 170 valence electrons. The van der Waals surface area contributed by atoms with E-state index in [1.54, 1.807) is 12.3 Å². The van der Waals surface area contributed by atoms with Crippen LogP contribution in [0.15, 0.2) is 30.6 Å². The number of anilines is 1. The lowest BCUT2D eigenvalue weighted by Gasteiger charge is -2.11. The molecule has 2 aromatic rings. The normalized spacial score (nSPS) is 10.2. The minimum absolute atomic E-state index is 0. The second-order valence-corrected chi connectivity index (χ2v) is 5.91. The molecule has 7 nitrogen and oxygen atoms in total. The van der Waals surface area contributed by atoms with Crippen molar-refractivity contribution in [3.63, 3.8) is 0 Å². The summed E-state index contributed by atoms with van der Waals surface area (Å²) in [4.78, 5) is 28.2. The highest BCUT2D eigenvalue weighted by atomic mass is 19.4. The molecule has 0 aliphatic heterocycles. The summed E-state index contributed by atoms with van der Waals surface area (Å²) < 4.78 is 41.3. The predicted octanol–water partition coefficient (Wildman–Crippen LogP) is 4.42. The number of halogens is 3. The molecular weight excluding hydrogens is 401 g/mol. The van der Waals surface area contributed by atoms with E-state index in [0.29, 0.717) is 5.56 Å². The van der Waals surface area contributed by atoms with Gasteiger partial charge in [0.15, 0.2) is 6.61 Å². The Bertz CT molecular complexity index is 812. The molecule has 0 atom stereocenters. The fourth-order valence-electron chi connectivity index (χ4n) is 2.21. The fraction of sp³-hybridized carbons (Fsp3) is 0.400. The smallest absolute Gasteiger partial charge is 0.422 e. The van der Waals surface area contributed by atoms with Crippen LogP contribution in [0.1, 0.15) is 45.1 Å². The summed E-state index contributed by atoms with van der Waals surface area (Å²) in [6, 6.07) is 5.07. The third-order valence-electron chi connectivity index (χ3n) is 3.50. The maximum absolute atomic E-state index is 12.3. The van der Waals surface area contributed by atoms with Crippen molar-refractivity contribution in [1.82, 2.24) is 15.3 Å². The Kier molecular flexibility index (Phi) is 11.7. The van der Waals surface area contributed by atoms with E-state index in [1.165, 1.54) is 19.2 Å². The SMILES string of the molecule is C.C=O.CCCNc1cc(CNC(=O)c2cnc(OCC(F)(F)F)c(C)c2)ccn1.[HH].[HH]. The summed E-state index contributed by atoms with van der Waals surface area (Å²) in [7, 11) is 0. The number of aromatic nitrogens is 2. The molecule has 0 unspecified atom stereocenters. The molecule has 0 aromatic carbocycles. The Hall–Kier alpha value is -3.17. The topological polar surface area (TPSA) is 93.2 Å². The molecule has 0 bridgehead atoms. The van der Waals surface area contributed by atoms with E-state index in [1.807, 2.05) is 19.8 Å². The van der Waals surface area contributed by atoms with E-state index < -0.39 is 12.8 Å². The molecule has 0 spiro atoms. The number of amides is 1. The van der Waals surface area contributed by atoms with E-state index in [9.17, 15) is 18.0 Å². The van der Waals surface area contributed by atoms with Crippen molar-refractivity contribution in [3.8, 4) is 5.88 Å². The number of pyridine rings is 2. The number of nitrogens with one attached hydrogen (secondary N) is 2. The molecule has 0 aliphatic carbocycles. The van der Waals surface area contributed by atoms with E-state index >= 15 is 0 Å². The Balaban J connectivity index is -0.00000163. The zero-order valence-electron chi connectivity index (χ0n) is 16.2. The van der Waals surface area contributed by atoms with E-state index in [4.69, 9.17) is 4.79 Å². The molecule has 0 saturated carbocycles. The molecule has 0 aliphatic rings. The second-order valence-electron chi connectivity index (χ2n) is 5.91. The van der Waals surface area contributed by atoms with Gasteiger partial charge in [-0.15, -0.1) is 0 Å². The van der Waals surface area contributed by atoms with Crippen LogP contribution in [0, 0.1) is 6.92 Å². The highest BCUT2D eigenvalue weighted by molar-refractivity contribution is 5.94. The molecule has 2 aromatic heterocycles. The molecule has 1 amide bonds. The first-order chi connectivity index (χ1) is 13.8. The quantitative estimate of drug-likeness (QED) is 0.641. The van der Waals surface area contributed by atoms with Crippen LogP contribution in [-0.2, 0) is 11.3 Å². The number of carbonyl (C=O) groups excluding carboxylic acids is 2. The zero-order chi connectivity index (χ0) is 21.9. The van der Waals surface area contributed by atoms with Crippen LogP contribution in [0.3, 0.4) is 0 Å². The first-order valence-electron chi connectivity index (χ1n) is 8.70. The average Bonchev–Trinajstić information content (AvgIpc) is 2.70. The molecule has 0 saturated heterocycles. The summed E-state index contributed by atoms with van der Waals surface area (Å²) in [6.07, 6.45) is -0.635. The number of nitrogens with zero attached hydrogens (tertiary/aromatic N) is 2. The number of aryl methyl sites for hydroxylation is 1. The fourth-order valence-corrected chi connectivity index (χ4v) is 2.21. The summed E-state index contributed by atoms with van der Waals surface area (Å²) in [6.45, 7) is 5.24. The van der Waals surface area contributed by atoms with Gasteiger partial charge in [-0.3, -0.25) is 4.79 Å². The lowest BCUT2D eigenvalue weighted by Crippen LogP contribution is -2.23. The van der Waals surface area contributed by atoms with Gasteiger partial charge in [0.1, 0.15) is 12.6 Å². The number of hydrogen-bond acceptors (Lipinski definition) is 6. The molecule has 2 rings (SSSR count). The Labute approximate surface area is 177 Å². The van der Waals surface area contributed by atoms with Gasteiger partial charge in [0.25, 0.3) is 5.91 Å². The van der Waals surface area contributed by atoms with Crippen molar-refractivity contribution in [3.05, 3.63) is 47.3 Å². The van der Waals surface area contributed by atoms with Gasteiger partial charge in [0, 0.05) is 33.9 Å². The van der Waals surface area contributed by atoms with Crippen LogP contribution >= 0.6 is 0 Å². The van der Waals surface area contributed by atoms with Crippen LogP contribution in [0.25, 0.3) is 0 Å². The van der Waals surface area contributed by atoms with Gasteiger partial charge >= 0.3 is 6.18 Å². The van der Waals surface area contributed by atoms with Crippen molar-refractivity contribution in [2.45, 2.75) is 40.4 Å². The van der Waals surface area contributed by atoms with Crippen LogP contribution < -0.4 is 15.4 Å². The third-order valence-corrected chi connectivity index (χ3v) is 3.50. The number of hydrogen-bond donors (Lipinski definition) is 2. The Morgan fingerprint density at radius 3 is 2.57 bits per heavy atom. The Morgan fingerprint density at radius 1 is 1.27 bits per heavy atom. The first kappa shape index (κ1) is 26.8. The number of alkyl halides is 3. The Morgan fingerprint density at radius 2 is 1.97 bits per heavy atom. The molecule has 2 N–H and O–H groups in total. The lowest BCUT2D eigenvalue weighted by atomic mass is 10.2. The van der Waals surface area contributed by atoms with E-state index in [-0.39, 0.29) is 34.2 Å². The van der Waals surface area contributed by atoms with Crippen molar-refractivity contribution in [2.24, 2.45) is 0 Å². The largest absolute Gasteiger partial charge is 0.468 e. The lowest BCUT2D eigenvalue weighted by molar-refractivity contribution is -0.154. The molecule has 30 heavy (non-hydrogen) atoms. The average molecular weight is 432 g/mol. The van der Waals surface area contributed by atoms with Gasteiger partial charge in [-0.2, -0.15) is 13.2 Å². The minimum Gasteiger partial charge on any atom is -0.468 e. The number of rotatable bonds is 8. The molecular formula is C20H31F3N4O3. The molecule has 10 heteroatoms. The van der Waals surface area contributed by atoms with Gasteiger partial charge in [0.2, 0.25) is 5.88 Å².